The van der Waals surface area contributed by atoms with Crippen LogP contribution in [0.3, 0.4) is 0 Å². The summed E-state index contributed by atoms with van der Waals surface area (Å²) in [6.07, 6.45) is 0.0524. The molecule has 1 aromatic heterocycles. The van der Waals surface area contributed by atoms with Gasteiger partial charge in [0, 0.05) is 18.8 Å². The molecule has 3 aromatic rings. The normalized spacial score (nSPS) is 12.3. The van der Waals surface area contributed by atoms with E-state index in [1.807, 2.05) is 12.1 Å². The van der Waals surface area contributed by atoms with E-state index >= 15 is 0 Å². The molecule has 0 aliphatic rings. The fourth-order valence-corrected chi connectivity index (χ4v) is 3.16. The van der Waals surface area contributed by atoms with Crippen molar-refractivity contribution >= 4 is 33.1 Å². The number of amides is 1. The maximum atomic E-state index is 13.2. The second-order valence-electron chi connectivity index (χ2n) is 5.49. The molecule has 0 aliphatic carbocycles. The first-order valence-corrected chi connectivity index (χ1v) is 8.13. The van der Waals surface area contributed by atoms with Crippen LogP contribution in [0.5, 0.6) is 0 Å². The van der Waals surface area contributed by atoms with Crippen molar-refractivity contribution in [3.8, 4) is 0 Å². The summed E-state index contributed by atoms with van der Waals surface area (Å²) in [6.45, 7) is 0. The van der Waals surface area contributed by atoms with E-state index in [0.717, 1.165) is 16.3 Å². The Morgan fingerprint density at radius 1 is 1.25 bits per heavy atom. The van der Waals surface area contributed by atoms with Gasteiger partial charge >= 0.3 is 0 Å². The van der Waals surface area contributed by atoms with E-state index in [9.17, 15) is 13.6 Å². The topological polar surface area (TPSA) is 59.2 Å². The Hall–Kier alpha value is -2.38. The average Bonchev–Trinajstić information content (AvgIpc) is 2.99. The first kappa shape index (κ1) is 16.5. The van der Waals surface area contributed by atoms with E-state index in [0.29, 0.717) is 11.3 Å². The maximum absolute atomic E-state index is 13.2. The molecule has 2 N–H and O–H groups in total. The van der Waals surface area contributed by atoms with Gasteiger partial charge in [0.25, 0.3) is 0 Å². The number of thiazole rings is 1. The monoisotopic (exact) mass is 347 g/mol. The Balaban J connectivity index is 1.76. The average molecular weight is 347 g/mol. The van der Waals surface area contributed by atoms with Crippen molar-refractivity contribution in [2.75, 3.05) is 11.9 Å². The first-order chi connectivity index (χ1) is 11.4. The van der Waals surface area contributed by atoms with Gasteiger partial charge in [-0.3, -0.25) is 4.79 Å². The molecule has 0 fully saturated rings. The van der Waals surface area contributed by atoms with Crippen molar-refractivity contribution in [3.63, 3.8) is 0 Å². The largest absolute Gasteiger partial charge is 0.320 e. The highest BCUT2D eigenvalue weighted by molar-refractivity contribution is 7.16. The van der Waals surface area contributed by atoms with E-state index in [1.165, 1.54) is 28.4 Å². The van der Waals surface area contributed by atoms with Crippen molar-refractivity contribution in [1.29, 1.82) is 0 Å². The second-order valence-corrected chi connectivity index (χ2v) is 6.38. The SMILES string of the molecule is CN(C(=O)[C@@H](N)Cc1cc(F)cc(F)c1)c1ccc2scnc2c1. The minimum absolute atomic E-state index is 0.0524. The summed E-state index contributed by atoms with van der Waals surface area (Å²) in [5.41, 5.74) is 9.48. The van der Waals surface area contributed by atoms with Crippen LogP contribution in [-0.2, 0) is 11.2 Å². The third kappa shape index (κ3) is 3.42. The zero-order valence-electron chi connectivity index (χ0n) is 12.9. The van der Waals surface area contributed by atoms with Crippen molar-refractivity contribution in [2.45, 2.75) is 12.5 Å². The van der Waals surface area contributed by atoms with Crippen LogP contribution >= 0.6 is 11.3 Å². The summed E-state index contributed by atoms with van der Waals surface area (Å²) in [7, 11) is 1.61. The number of anilines is 1. The van der Waals surface area contributed by atoms with Crippen LogP contribution in [0.1, 0.15) is 5.56 Å². The molecule has 1 atom stereocenters. The summed E-state index contributed by atoms with van der Waals surface area (Å²) >= 11 is 1.52. The number of benzene rings is 2. The Bertz CT molecular complexity index is 876. The lowest BCUT2D eigenvalue weighted by Gasteiger charge is -2.21. The summed E-state index contributed by atoms with van der Waals surface area (Å²) in [4.78, 5) is 18.1. The lowest BCUT2D eigenvalue weighted by Crippen LogP contribution is -2.43. The number of hydrogen-bond acceptors (Lipinski definition) is 4. The predicted octanol–water partition coefficient (Wildman–Crippen LogP) is 3.11. The van der Waals surface area contributed by atoms with Crippen LogP contribution in [0, 0.1) is 11.6 Å². The maximum Gasteiger partial charge on any atom is 0.243 e. The summed E-state index contributed by atoms with van der Waals surface area (Å²) in [6, 6.07) is 7.74. The van der Waals surface area contributed by atoms with E-state index in [4.69, 9.17) is 5.73 Å². The highest BCUT2D eigenvalue weighted by Crippen LogP contribution is 2.24. The summed E-state index contributed by atoms with van der Waals surface area (Å²) < 4.78 is 27.5. The number of likely N-dealkylation sites (N-methyl/N-ethyl adjacent to an activating group) is 1. The Kier molecular flexibility index (Phi) is 4.55. The zero-order valence-corrected chi connectivity index (χ0v) is 13.7. The summed E-state index contributed by atoms with van der Waals surface area (Å²) in [5, 5.41) is 0. The Morgan fingerprint density at radius 2 is 1.96 bits per heavy atom. The number of nitrogens with two attached hydrogens (primary N) is 1. The van der Waals surface area contributed by atoms with Crippen LogP contribution < -0.4 is 10.6 Å². The molecule has 0 bridgehead atoms. The lowest BCUT2D eigenvalue weighted by molar-refractivity contribution is -0.119. The van der Waals surface area contributed by atoms with Gasteiger partial charge in [0.05, 0.1) is 21.8 Å². The highest BCUT2D eigenvalue weighted by Gasteiger charge is 2.20. The molecular formula is C17H15F2N3OS. The second kappa shape index (κ2) is 6.62. The number of hydrogen-bond donors (Lipinski definition) is 1. The van der Waals surface area contributed by atoms with Crippen molar-refractivity contribution in [1.82, 2.24) is 4.98 Å². The van der Waals surface area contributed by atoms with Gasteiger partial charge in [0.15, 0.2) is 0 Å². The molecule has 0 aliphatic heterocycles. The number of rotatable bonds is 4. The molecule has 1 amide bonds. The number of nitrogens with zero attached hydrogens (tertiary/aromatic N) is 2. The molecule has 2 aromatic carbocycles. The van der Waals surface area contributed by atoms with E-state index in [1.54, 1.807) is 18.6 Å². The third-order valence-electron chi connectivity index (χ3n) is 3.73. The standard InChI is InChI=1S/C17H15F2N3OS/c1-22(13-2-3-16-15(8-13)21-9-24-16)17(23)14(20)6-10-4-11(18)7-12(19)5-10/h2-5,7-9,14H,6,20H2,1H3/t14-/m0/s1. The minimum Gasteiger partial charge on any atom is -0.320 e. The van der Waals surface area contributed by atoms with Crippen LogP contribution in [0.2, 0.25) is 0 Å². The minimum atomic E-state index is -0.901. The molecule has 0 spiro atoms. The predicted molar refractivity (Wildman–Crippen MR) is 91.1 cm³/mol. The van der Waals surface area contributed by atoms with E-state index in [2.05, 4.69) is 4.98 Å². The Labute approximate surface area is 141 Å². The van der Waals surface area contributed by atoms with Gasteiger partial charge < -0.3 is 10.6 Å². The molecule has 7 heteroatoms. The van der Waals surface area contributed by atoms with Crippen molar-refractivity contribution in [2.24, 2.45) is 5.73 Å². The fraction of sp³-hybridized carbons (Fsp3) is 0.176. The first-order valence-electron chi connectivity index (χ1n) is 7.25. The Morgan fingerprint density at radius 3 is 2.67 bits per heavy atom. The smallest absolute Gasteiger partial charge is 0.243 e. The summed E-state index contributed by atoms with van der Waals surface area (Å²) in [5.74, 6) is -1.71. The molecule has 0 radical (unpaired) electrons. The number of halogens is 2. The number of fused-ring (bicyclic) bond motifs is 1. The van der Waals surface area contributed by atoms with Gasteiger partial charge in [-0.15, -0.1) is 11.3 Å². The zero-order chi connectivity index (χ0) is 17.3. The van der Waals surface area contributed by atoms with E-state index in [-0.39, 0.29) is 12.3 Å². The number of aromatic nitrogens is 1. The number of carbonyl (C=O) groups is 1. The van der Waals surface area contributed by atoms with Crippen LogP contribution in [0.25, 0.3) is 10.2 Å². The van der Waals surface area contributed by atoms with E-state index < -0.39 is 17.7 Å². The van der Waals surface area contributed by atoms with Gasteiger partial charge in [0.2, 0.25) is 5.91 Å². The highest BCUT2D eigenvalue weighted by atomic mass is 32.1. The molecule has 1 heterocycles. The fourth-order valence-electron chi connectivity index (χ4n) is 2.50. The van der Waals surface area contributed by atoms with Crippen LogP contribution in [0.4, 0.5) is 14.5 Å². The van der Waals surface area contributed by atoms with Gasteiger partial charge in [-0.25, -0.2) is 13.8 Å². The molecule has 124 valence electrons. The van der Waals surface area contributed by atoms with Crippen LogP contribution in [0.15, 0.2) is 41.9 Å². The third-order valence-corrected chi connectivity index (χ3v) is 4.54. The van der Waals surface area contributed by atoms with Gasteiger partial charge in [-0.2, -0.15) is 0 Å². The van der Waals surface area contributed by atoms with Crippen molar-refractivity contribution < 1.29 is 13.6 Å². The lowest BCUT2D eigenvalue weighted by atomic mass is 10.0. The van der Waals surface area contributed by atoms with Gasteiger partial charge in [-0.1, -0.05) is 0 Å². The molecule has 3 rings (SSSR count). The molecule has 4 nitrogen and oxygen atoms in total. The molecule has 0 saturated heterocycles. The van der Waals surface area contributed by atoms with Gasteiger partial charge in [-0.05, 0) is 42.3 Å². The molecular weight excluding hydrogens is 332 g/mol. The molecule has 0 unspecified atom stereocenters. The molecule has 24 heavy (non-hydrogen) atoms. The quantitative estimate of drug-likeness (QED) is 0.789. The molecule has 0 saturated carbocycles. The van der Waals surface area contributed by atoms with Crippen molar-refractivity contribution in [3.05, 3.63) is 59.1 Å². The van der Waals surface area contributed by atoms with Gasteiger partial charge in [0.1, 0.15) is 11.6 Å². The number of carbonyl (C=O) groups excluding carboxylic acids is 1. The van der Waals surface area contributed by atoms with Crippen LogP contribution in [-0.4, -0.2) is 24.0 Å².